The summed E-state index contributed by atoms with van der Waals surface area (Å²) in [6.45, 7) is 9.34. The zero-order chi connectivity index (χ0) is 31.7. The van der Waals surface area contributed by atoms with Crippen molar-refractivity contribution in [2.45, 2.75) is 45.4 Å². The average Bonchev–Trinajstić information content (AvgIpc) is 3.68. The van der Waals surface area contributed by atoms with Gasteiger partial charge in [-0.2, -0.15) is 0 Å². The number of imidazole rings is 1. The molecule has 0 radical (unpaired) electrons. The van der Waals surface area contributed by atoms with Crippen LogP contribution in [0.1, 0.15) is 45.7 Å². The maximum absolute atomic E-state index is 15.9. The Bertz CT molecular complexity index is 1980. The highest BCUT2D eigenvalue weighted by Crippen LogP contribution is 2.32. The van der Waals surface area contributed by atoms with Crippen molar-refractivity contribution in [1.29, 1.82) is 0 Å². The Balaban J connectivity index is 1.30. The van der Waals surface area contributed by atoms with Crippen LogP contribution in [0.3, 0.4) is 0 Å². The fourth-order valence-corrected chi connectivity index (χ4v) is 5.51. The van der Waals surface area contributed by atoms with Crippen LogP contribution in [-0.2, 0) is 24.3 Å². The van der Waals surface area contributed by atoms with Gasteiger partial charge in [-0.05, 0) is 61.7 Å². The van der Waals surface area contributed by atoms with Gasteiger partial charge in [0, 0.05) is 35.8 Å². The second kappa shape index (κ2) is 12.4. The molecular weight excluding hydrogens is 585 g/mol. The molecular formula is C34H27F3N4O4. The number of hydrogen-bond donors (Lipinski definition) is 1. The van der Waals surface area contributed by atoms with E-state index in [1.165, 1.54) is 43.3 Å². The standard InChI is InChI=1S/C34H27F3N4O4/c1-19-24(16-31-39-29-11-9-20(34(42)43)13-30(29)41(31)17-23-5-4-12-44-23)27(36)15-25(33(19)37)28-6-3-7-32(40-28)45-18-21-8-10-22(38-2)14-26(21)35/h3,6-11,13-15,23H,4-5,12,16-18H2,1H3,(H,42,43). The number of carboxylic acids is 1. The Hall–Kier alpha value is -5.21. The van der Waals surface area contributed by atoms with Gasteiger partial charge in [-0.3, -0.25) is 0 Å². The van der Waals surface area contributed by atoms with Crippen LogP contribution >= 0.6 is 0 Å². The van der Waals surface area contributed by atoms with Crippen molar-refractivity contribution in [3.05, 3.63) is 118 Å². The number of rotatable bonds is 9. The minimum absolute atomic E-state index is 0.0346. The molecule has 1 unspecified atom stereocenters. The van der Waals surface area contributed by atoms with Gasteiger partial charge in [-0.25, -0.2) is 32.8 Å². The molecule has 1 N–H and O–H groups in total. The number of carboxylic acid groups (broad SMARTS) is 1. The third kappa shape index (κ3) is 6.10. The number of halogens is 3. The van der Waals surface area contributed by atoms with Crippen LogP contribution in [0.15, 0.2) is 60.7 Å². The fourth-order valence-electron chi connectivity index (χ4n) is 5.51. The van der Waals surface area contributed by atoms with Gasteiger partial charge in [0.15, 0.2) is 5.69 Å². The molecule has 0 saturated carbocycles. The summed E-state index contributed by atoms with van der Waals surface area (Å²) in [5.74, 6) is -2.43. The molecule has 45 heavy (non-hydrogen) atoms. The maximum Gasteiger partial charge on any atom is 0.335 e. The second-order valence-electron chi connectivity index (χ2n) is 10.8. The van der Waals surface area contributed by atoms with Gasteiger partial charge in [0.05, 0.1) is 41.5 Å². The van der Waals surface area contributed by atoms with Gasteiger partial charge in [-0.15, -0.1) is 0 Å². The van der Waals surface area contributed by atoms with Gasteiger partial charge in [-0.1, -0.05) is 18.2 Å². The minimum Gasteiger partial charge on any atom is -0.478 e. The molecule has 11 heteroatoms. The van der Waals surface area contributed by atoms with E-state index in [0.717, 1.165) is 25.0 Å². The van der Waals surface area contributed by atoms with E-state index < -0.39 is 23.4 Å². The number of fused-ring (bicyclic) bond motifs is 1. The van der Waals surface area contributed by atoms with Gasteiger partial charge in [0.1, 0.15) is 29.9 Å². The van der Waals surface area contributed by atoms with Crippen molar-refractivity contribution in [1.82, 2.24) is 14.5 Å². The van der Waals surface area contributed by atoms with Crippen LogP contribution < -0.4 is 4.74 Å². The Kier molecular flexibility index (Phi) is 8.24. The summed E-state index contributed by atoms with van der Waals surface area (Å²) in [6, 6.07) is 14.4. The van der Waals surface area contributed by atoms with Crippen LogP contribution in [0.4, 0.5) is 18.9 Å². The number of hydrogen-bond acceptors (Lipinski definition) is 5. The molecule has 8 nitrogen and oxygen atoms in total. The molecule has 228 valence electrons. The lowest BCUT2D eigenvalue weighted by Gasteiger charge is -2.16. The number of carbonyl (C=O) groups is 1. The van der Waals surface area contributed by atoms with Gasteiger partial charge >= 0.3 is 5.97 Å². The van der Waals surface area contributed by atoms with E-state index in [9.17, 15) is 14.3 Å². The molecule has 6 rings (SSSR count). The van der Waals surface area contributed by atoms with Crippen molar-refractivity contribution < 1.29 is 32.5 Å². The molecule has 1 aliphatic rings. The summed E-state index contributed by atoms with van der Waals surface area (Å²) >= 11 is 0. The molecule has 3 aromatic carbocycles. The van der Waals surface area contributed by atoms with E-state index in [4.69, 9.17) is 16.0 Å². The number of pyridine rings is 1. The normalized spacial score (nSPS) is 14.5. The van der Waals surface area contributed by atoms with E-state index in [1.807, 2.05) is 4.57 Å². The molecule has 0 bridgehead atoms. The monoisotopic (exact) mass is 612 g/mol. The number of nitrogens with zero attached hydrogens (tertiary/aromatic N) is 4. The average molecular weight is 613 g/mol. The third-order valence-corrected chi connectivity index (χ3v) is 7.94. The summed E-state index contributed by atoms with van der Waals surface area (Å²) in [6.07, 6.45) is 1.59. The molecule has 1 saturated heterocycles. The van der Waals surface area contributed by atoms with E-state index in [1.54, 1.807) is 12.1 Å². The number of aromatic nitrogens is 3. The molecule has 1 aliphatic heterocycles. The summed E-state index contributed by atoms with van der Waals surface area (Å²) in [4.78, 5) is 23.8. The van der Waals surface area contributed by atoms with Crippen molar-refractivity contribution in [2.24, 2.45) is 0 Å². The quantitative estimate of drug-likeness (QED) is 0.174. The van der Waals surface area contributed by atoms with Crippen LogP contribution in [0.2, 0.25) is 0 Å². The number of ether oxygens (including phenoxy) is 2. The third-order valence-electron chi connectivity index (χ3n) is 7.94. The first-order chi connectivity index (χ1) is 21.7. The summed E-state index contributed by atoms with van der Waals surface area (Å²) in [5, 5.41) is 9.53. The topological polar surface area (TPSA) is 90.8 Å². The van der Waals surface area contributed by atoms with E-state index >= 15 is 8.78 Å². The second-order valence-corrected chi connectivity index (χ2v) is 10.8. The van der Waals surface area contributed by atoms with Crippen molar-refractivity contribution in [3.8, 4) is 17.1 Å². The zero-order valence-electron chi connectivity index (χ0n) is 24.2. The largest absolute Gasteiger partial charge is 0.478 e. The maximum atomic E-state index is 15.9. The van der Waals surface area contributed by atoms with E-state index in [-0.39, 0.29) is 64.2 Å². The lowest BCUT2D eigenvalue weighted by Crippen LogP contribution is -2.18. The van der Waals surface area contributed by atoms with Crippen molar-refractivity contribution in [2.75, 3.05) is 6.61 Å². The lowest BCUT2D eigenvalue weighted by molar-refractivity contribution is 0.0697. The highest BCUT2D eigenvalue weighted by molar-refractivity contribution is 5.92. The van der Waals surface area contributed by atoms with Crippen LogP contribution in [-0.4, -0.2) is 38.3 Å². The molecule has 2 aromatic heterocycles. The predicted octanol–water partition coefficient (Wildman–Crippen LogP) is 7.42. The molecule has 0 aliphatic carbocycles. The Morgan fingerprint density at radius 2 is 1.96 bits per heavy atom. The highest BCUT2D eigenvalue weighted by atomic mass is 19.1. The van der Waals surface area contributed by atoms with Gasteiger partial charge in [0.25, 0.3) is 0 Å². The SMILES string of the molecule is [C-]#[N+]c1ccc(COc2cccc(-c3cc(F)c(Cc4nc5ccc(C(=O)O)cc5n4CC4CCCO4)c(C)c3F)n2)c(F)c1. The molecule has 0 spiro atoms. The summed E-state index contributed by atoms with van der Waals surface area (Å²) in [5.41, 5.74) is 1.88. The molecule has 1 atom stereocenters. The molecule has 0 amide bonds. The highest BCUT2D eigenvalue weighted by Gasteiger charge is 2.24. The predicted molar refractivity (Wildman–Crippen MR) is 160 cm³/mol. The van der Waals surface area contributed by atoms with Gasteiger partial charge in [0.2, 0.25) is 5.88 Å². The first-order valence-corrected chi connectivity index (χ1v) is 14.3. The van der Waals surface area contributed by atoms with Crippen molar-refractivity contribution in [3.63, 3.8) is 0 Å². The minimum atomic E-state index is -1.08. The zero-order valence-corrected chi connectivity index (χ0v) is 24.2. The van der Waals surface area contributed by atoms with Crippen LogP contribution in [0, 0.1) is 30.9 Å². The molecule has 5 aromatic rings. The smallest absolute Gasteiger partial charge is 0.335 e. The van der Waals surface area contributed by atoms with E-state index in [0.29, 0.717) is 30.0 Å². The van der Waals surface area contributed by atoms with Crippen LogP contribution in [0.25, 0.3) is 27.1 Å². The summed E-state index contributed by atoms with van der Waals surface area (Å²) < 4.78 is 59.2. The number of aromatic carboxylic acids is 1. The number of benzene rings is 3. The van der Waals surface area contributed by atoms with Crippen LogP contribution in [0.5, 0.6) is 5.88 Å². The molecule has 3 heterocycles. The van der Waals surface area contributed by atoms with Gasteiger partial charge < -0.3 is 19.1 Å². The Morgan fingerprint density at radius 1 is 1.11 bits per heavy atom. The Labute approximate surface area is 256 Å². The first-order valence-electron chi connectivity index (χ1n) is 14.3. The van der Waals surface area contributed by atoms with Crippen molar-refractivity contribution >= 4 is 22.7 Å². The lowest BCUT2D eigenvalue weighted by atomic mass is 9.98. The van der Waals surface area contributed by atoms with E-state index in [2.05, 4.69) is 14.8 Å². The first kappa shape index (κ1) is 29.8. The Morgan fingerprint density at radius 3 is 2.69 bits per heavy atom. The summed E-state index contributed by atoms with van der Waals surface area (Å²) in [7, 11) is 0. The molecule has 1 fully saturated rings. The fraction of sp³-hybridized carbons (Fsp3) is 0.235.